The van der Waals surface area contributed by atoms with Crippen molar-refractivity contribution in [2.45, 2.75) is 46.1 Å². The fourth-order valence-corrected chi connectivity index (χ4v) is 2.70. The molecule has 3 heteroatoms. The van der Waals surface area contributed by atoms with Crippen LogP contribution in [0.2, 0.25) is 0 Å². The molecule has 1 heterocycles. The Hall–Kier alpha value is -0.590. The summed E-state index contributed by atoms with van der Waals surface area (Å²) in [4.78, 5) is 2.31. The quantitative estimate of drug-likeness (QED) is 0.720. The first-order valence-electron chi connectivity index (χ1n) is 6.98. The summed E-state index contributed by atoms with van der Waals surface area (Å²) in [6.07, 6.45) is 3.83. The fourth-order valence-electron chi connectivity index (χ4n) is 2.70. The van der Waals surface area contributed by atoms with Crippen molar-refractivity contribution in [3.63, 3.8) is 0 Å². The summed E-state index contributed by atoms with van der Waals surface area (Å²) >= 11 is 0. The van der Waals surface area contributed by atoms with Crippen LogP contribution in [0.25, 0.3) is 0 Å². The van der Waals surface area contributed by atoms with Gasteiger partial charge in [0.05, 0.1) is 12.6 Å². The van der Waals surface area contributed by atoms with E-state index in [0.717, 1.165) is 25.6 Å². The summed E-state index contributed by atoms with van der Waals surface area (Å²) in [6, 6.07) is 2.86. The standard InChI is InChI=1S/C14H27N3/c1-4-5-13-8-14(16-9-12(2)3)11-17(10-13)7-6-15/h12-14,16H,4-5,7-11H2,1-3H3. The first kappa shape index (κ1) is 14.5. The number of nitrogens with zero attached hydrogens (tertiary/aromatic N) is 2. The van der Waals surface area contributed by atoms with Gasteiger partial charge >= 0.3 is 0 Å². The highest BCUT2D eigenvalue weighted by atomic mass is 15.2. The Balaban J connectivity index is 2.43. The highest BCUT2D eigenvalue weighted by molar-refractivity contribution is 4.87. The minimum Gasteiger partial charge on any atom is -0.312 e. The van der Waals surface area contributed by atoms with E-state index in [2.05, 4.69) is 37.1 Å². The summed E-state index contributed by atoms with van der Waals surface area (Å²) in [5.41, 5.74) is 0. The van der Waals surface area contributed by atoms with Gasteiger partial charge in [-0.2, -0.15) is 5.26 Å². The van der Waals surface area contributed by atoms with Gasteiger partial charge in [0.25, 0.3) is 0 Å². The monoisotopic (exact) mass is 237 g/mol. The molecule has 2 atom stereocenters. The molecule has 0 saturated carbocycles. The molecule has 0 amide bonds. The molecule has 98 valence electrons. The molecule has 1 fully saturated rings. The van der Waals surface area contributed by atoms with Gasteiger partial charge in [-0.1, -0.05) is 27.2 Å². The van der Waals surface area contributed by atoms with Crippen LogP contribution in [0.4, 0.5) is 0 Å². The second-order valence-corrected chi connectivity index (χ2v) is 5.74. The van der Waals surface area contributed by atoms with Gasteiger partial charge in [0.15, 0.2) is 0 Å². The summed E-state index contributed by atoms with van der Waals surface area (Å²) in [6.45, 7) is 10.6. The number of nitriles is 1. The Morgan fingerprint density at radius 3 is 2.76 bits per heavy atom. The molecule has 1 aliphatic heterocycles. The zero-order valence-electron chi connectivity index (χ0n) is 11.6. The van der Waals surface area contributed by atoms with Crippen molar-refractivity contribution >= 4 is 0 Å². The van der Waals surface area contributed by atoms with Crippen molar-refractivity contribution in [2.24, 2.45) is 11.8 Å². The lowest BCUT2D eigenvalue weighted by atomic mass is 9.90. The van der Waals surface area contributed by atoms with Crippen LogP contribution in [-0.2, 0) is 0 Å². The van der Waals surface area contributed by atoms with Crippen LogP contribution < -0.4 is 5.32 Å². The molecule has 1 rings (SSSR count). The zero-order chi connectivity index (χ0) is 12.7. The molecular formula is C14H27N3. The predicted molar refractivity (Wildman–Crippen MR) is 71.7 cm³/mol. The fraction of sp³-hybridized carbons (Fsp3) is 0.929. The lowest BCUT2D eigenvalue weighted by Crippen LogP contribution is -2.50. The molecular weight excluding hydrogens is 210 g/mol. The number of rotatable bonds is 6. The molecule has 1 N–H and O–H groups in total. The maximum atomic E-state index is 8.83. The maximum Gasteiger partial charge on any atom is 0.0866 e. The number of likely N-dealkylation sites (tertiary alicyclic amines) is 1. The molecule has 1 aliphatic rings. The number of hydrogen-bond acceptors (Lipinski definition) is 3. The van der Waals surface area contributed by atoms with E-state index in [0.29, 0.717) is 18.5 Å². The van der Waals surface area contributed by atoms with E-state index in [1.807, 2.05) is 0 Å². The van der Waals surface area contributed by atoms with Crippen LogP contribution in [0.3, 0.4) is 0 Å². The SMILES string of the molecule is CCCC1CC(NCC(C)C)CN(CC#N)C1. The molecule has 2 unspecified atom stereocenters. The second-order valence-electron chi connectivity index (χ2n) is 5.74. The third-order valence-electron chi connectivity index (χ3n) is 3.42. The molecule has 3 nitrogen and oxygen atoms in total. The average molecular weight is 237 g/mol. The maximum absolute atomic E-state index is 8.83. The molecule has 0 aliphatic carbocycles. The molecule has 17 heavy (non-hydrogen) atoms. The molecule has 1 saturated heterocycles. The van der Waals surface area contributed by atoms with Gasteiger partial charge in [-0.3, -0.25) is 4.90 Å². The highest BCUT2D eigenvalue weighted by Gasteiger charge is 2.26. The van der Waals surface area contributed by atoms with E-state index >= 15 is 0 Å². The Bertz CT molecular complexity index is 244. The van der Waals surface area contributed by atoms with E-state index < -0.39 is 0 Å². The number of nitrogens with one attached hydrogen (secondary N) is 1. The Morgan fingerprint density at radius 1 is 1.41 bits per heavy atom. The second kappa shape index (κ2) is 7.68. The van der Waals surface area contributed by atoms with Crippen molar-refractivity contribution < 1.29 is 0 Å². The summed E-state index contributed by atoms with van der Waals surface area (Å²) in [5.74, 6) is 1.47. The third kappa shape index (κ3) is 5.52. The third-order valence-corrected chi connectivity index (χ3v) is 3.42. The number of piperidine rings is 1. The van der Waals surface area contributed by atoms with Crippen LogP contribution >= 0.6 is 0 Å². The minimum absolute atomic E-state index is 0.580. The van der Waals surface area contributed by atoms with Gasteiger partial charge in [-0.15, -0.1) is 0 Å². The van der Waals surface area contributed by atoms with E-state index in [1.165, 1.54) is 19.3 Å². The average Bonchev–Trinajstić information content (AvgIpc) is 2.27. The van der Waals surface area contributed by atoms with E-state index in [4.69, 9.17) is 5.26 Å². The van der Waals surface area contributed by atoms with Gasteiger partial charge < -0.3 is 5.32 Å². The van der Waals surface area contributed by atoms with Crippen LogP contribution in [-0.4, -0.2) is 37.1 Å². The van der Waals surface area contributed by atoms with Crippen molar-refractivity contribution in [2.75, 3.05) is 26.2 Å². The molecule has 0 aromatic heterocycles. The lowest BCUT2D eigenvalue weighted by molar-refractivity contribution is 0.147. The van der Waals surface area contributed by atoms with Gasteiger partial charge in [0.2, 0.25) is 0 Å². The Kier molecular flexibility index (Phi) is 6.54. The molecule has 0 bridgehead atoms. The van der Waals surface area contributed by atoms with Gasteiger partial charge in [-0.25, -0.2) is 0 Å². The van der Waals surface area contributed by atoms with Crippen LogP contribution in [0.1, 0.15) is 40.0 Å². The summed E-state index contributed by atoms with van der Waals surface area (Å²) in [7, 11) is 0. The topological polar surface area (TPSA) is 39.1 Å². The number of hydrogen-bond donors (Lipinski definition) is 1. The van der Waals surface area contributed by atoms with Crippen LogP contribution in [0.5, 0.6) is 0 Å². The molecule has 0 spiro atoms. The van der Waals surface area contributed by atoms with Crippen molar-refractivity contribution in [3.8, 4) is 6.07 Å². The van der Waals surface area contributed by atoms with Crippen LogP contribution in [0.15, 0.2) is 0 Å². The minimum atomic E-state index is 0.580. The Morgan fingerprint density at radius 2 is 2.18 bits per heavy atom. The van der Waals surface area contributed by atoms with Gasteiger partial charge in [0.1, 0.15) is 0 Å². The van der Waals surface area contributed by atoms with Crippen molar-refractivity contribution in [3.05, 3.63) is 0 Å². The van der Waals surface area contributed by atoms with Gasteiger partial charge in [0, 0.05) is 19.1 Å². The smallest absolute Gasteiger partial charge is 0.0866 e. The molecule has 0 radical (unpaired) electrons. The first-order chi connectivity index (χ1) is 8.15. The summed E-state index contributed by atoms with van der Waals surface area (Å²) < 4.78 is 0. The van der Waals surface area contributed by atoms with Gasteiger partial charge in [-0.05, 0) is 31.2 Å². The highest BCUT2D eigenvalue weighted by Crippen LogP contribution is 2.21. The van der Waals surface area contributed by atoms with E-state index in [9.17, 15) is 0 Å². The van der Waals surface area contributed by atoms with Crippen molar-refractivity contribution in [1.29, 1.82) is 5.26 Å². The molecule has 0 aromatic rings. The predicted octanol–water partition coefficient (Wildman–Crippen LogP) is 2.25. The lowest BCUT2D eigenvalue weighted by Gasteiger charge is -2.37. The van der Waals surface area contributed by atoms with Crippen LogP contribution in [0, 0.1) is 23.2 Å². The zero-order valence-corrected chi connectivity index (χ0v) is 11.6. The van der Waals surface area contributed by atoms with Crippen molar-refractivity contribution in [1.82, 2.24) is 10.2 Å². The first-order valence-corrected chi connectivity index (χ1v) is 6.98. The largest absolute Gasteiger partial charge is 0.312 e. The van der Waals surface area contributed by atoms with E-state index in [-0.39, 0.29) is 0 Å². The van der Waals surface area contributed by atoms with E-state index in [1.54, 1.807) is 0 Å². The normalized spacial score (nSPS) is 26.1. The Labute approximate surface area is 106 Å². The molecule has 0 aromatic carbocycles. The summed E-state index contributed by atoms with van der Waals surface area (Å²) in [5, 5.41) is 12.5.